The van der Waals surface area contributed by atoms with Crippen molar-refractivity contribution in [1.29, 1.82) is 0 Å². The van der Waals surface area contributed by atoms with Gasteiger partial charge in [0.05, 0.1) is 18.5 Å². The van der Waals surface area contributed by atoms with Gasteiger partial charge in [-0.1, -0.05) is 30.3 Å². The molecule has 0 unspecified atom stereocenters. The lowest BCUT2D eigenvalue weighted by atomic mass is 10.0. The van der Waals surface area contributed by atoms with E-state index in [9.17, 15) is 9.59 Å². The van der Waals surface area contributed by atoms with E-state index in [-0.39, 0.29) is 17.5 Å². The number of benzene rings is 2. The number of carbonyl (C=O) groups is 1. The van der Waals surface area contributed by atoms with Crippen LogP contribution in [-0.4, -0.2) is 34.2 Å². The van der Waals surface area contributed by atoms with Crippen molar-refractivity contribution < 1.29 is 9.53 Å². The number of hydrogen-bond acceptors (Lipinski definition) is 4. The third kappa shape index (κ3) is 2.97. The molecule has 1 fully saturated rings. The standard InChI is InChI=1S/C21H21N3O3/c1-23-20(25)17-7-4-3-6-16(17)19(22-23)21(26)24-13-5-8-18(24)14-9-11-15(27-2)12-10-14/h3-4,6-7,9-12,18H,5,8,13H2,1-2H3/t18-/m1/s1. The van der Waals surface area contributed by atoms with Crippen molar-refractivity contribution in [3.05, 3.63) is 70.1 Å². The zero-order chi connectivity index (χ0) is 19.0. The van der Waals surface area contributed by atoms with Crippen LogP contribution in [0, 0.1) is 0 Å². The molecule has 27 heavy (non-hydrogen) atoms. The Hall–Kier alpha value is -3.15. The lowest BCUT2D eigenvalue weighted by Crippen LogP contribution is -2.33. The van der Waals surface area contributed by atoms with Gasteiger partial charge in [-0.2, -0.15) is 5.10 Å². The summed E-state index contributed by atoms with van der Waals surface area (Å²) in [6, 6.07) is 15.0. The molecule has 1 amide bonds. The third-order valence-corrected chi connectivity index (χ3v) is 5.17. The van der Waals surface area contributed by atoms with Crippen molar-refractivity contribution in [1.82, 2.24) is 14.7 Å². The highest BCUT2D eigenvalue weighted by Gasteiger charge is 2.32. The molecule has 0 N–H and O–H groups in total. The zero-order valence-electron chi connectivity index (χ0n) is 15.4. The fraction of sp³-hybridized carbons (Fsp3) is 0.286. The molecule has 0 bridgehead atoms. The Morgan fingerprint density at radius 2 is 1.81 bits per heavy atom. The minimum atomic E-state index is -0.199. The first-order chi connectivity index (χ1) is 13.1. The van der Waals surface area contributed by atoms with E-state index in [1.54, 1.807) is 32.4 Å². The molecule has 2 heterocycles. The van der Waals surface area contributed by atoms with Gasteiger partial charge in [0.25, 0.3) is 11.5 Å². The fourth-order valence-electron chi connectivity index (χ4n) is 3.78. The van der Waals surface area contributed by atoms with Gasteiger partial charge in [0.2, 0.25) is 0 Å². The second-order valence-electron chi connectivity index (χ2n) is 6.75. The Morgan fingerprint density at radius 3 is 2.52 bits per heavy atom. The van der Waals surface area contributed by atoms with Crippen LogP contribution in [0.5, 0.6) is 5.75 Å². The molecule has 3 aromatic rings. The van der Waals surface area contributed by atoms with Crippen LogP contribution in [0.15, 0.2) is 53.3 Å². The van der Waals surface area contributed by atoms with E-state index in [1.807, 2.05) is 35.2 Å². The highest BCUT2D eigenvalue weighted by molar-refractivity contribution is 6.05. The van der Waals surface area contributed by atoms with Crippen molar-refractivity contribution in [2.24, 2.45) is 7.05 Å². The van der Waals surface area contributed by atoms with E-state index in [4.69, 9.17) is 4.74 Å². The first-order valence-corrected chi connectivity index (χ1v) is 9.01. The molecule has 138 valence electrons. The van der Waals surface area contributed by atoms with Crippen molar-refractivity contribution >= 4 is 16.7 Å². The molecule has 1 aliphatic rings. The largest absolute Gasteiger partial charge is 0.497 e. The second kappa shape index (κ2) is 6.87. The average molecular weight is 363 g/mol. The maximum Gasteiger partial charge on any atom is 0.275 e. The van der Waals surface area contributed by atoms with E-state index in [1.165, 1.54) is 4.68 Å². The third-order valence-electron chi connectivity index (χ3n) is 5.17. The summed E-state index contributed by atoms with van der Waals surface area (Å²) in [5.74, 6) is 0.653. The second-order valence-corrected chi connectivity index (χ2v) is 6.75. The summed E-state index contributed by atoms with van der Waals surface area (Å²) in [7, 11) is 3.22. The smallest absolute Gasteiger partial charge is 0.275 e. The number of nitrogens with zero attached hydrogens (tertiary/aromatic N) is 3. The van der Waals surface area contributed by atoms with Crippen LogP contribution < -0.4 is 10.3 Å². The van der Waals surface area contributed by atoms with Gasteiger partial charge < -0.3 is 9.64 Å². The summed E-state index contributed by atoms with van der Waals surface area (Å²) in [5.41, 5.74) is 1.21. The van der Waals surface area contributed by atoms with Gasteiger partial charge in [0.1, 0.15) is 5.75 Å². The Labute approximate surface area is 157 Å². The Bertz CT molecular complexity index is 1060. The zero-order valence-corrected chi connectivity index (χ0v) is 15.4. The van der Waals surface area contributed by atoms with Gasteiger partial charge in [-0.25, -0.2) is 4.68 Å². The number of amides is 1. The maximum atomic E-state index is 13.4. The molecule has 6 nitrogen and oxygen atoms in total. The summed E-state index contributed by atoms with van der Waals surface area (Å²) in [6.45, 7) is 0.675. The summed E-state index contributed by atoms with van der Waals surface area (Å²) in [5, 5.41) is 5.41. The average Bonchev–Trinajstić information content (AvgIpc) is 3.20. The molecular weight excluding hydrogens is 342 g/mol. The number of rotatable bonds is 3. The van der Waals surface area contributed by atoms with Crippen LogP contribution in [0.1, 0.15) is 34.9 Å². The summed E-state index contributed by atoms with van der Waals surface area (Å²) >= 11 is 0. The van der Waals surface area contributed by atoms with E-state index < -0.39 is 0 Å². The van der Waals surface area contributed by atoms with Gasteiger partial charge in [0.15, 0.2) is 5.69 Å². The van der Waals surface area contributed by atoms with Crippen LogP contribution in [0.3, 0.4) is 0 Å². The maximum absolute atomic E-state index is 13.4. The monoisotopic (exact) mass is 363 g/mol. The Morgan fingerprint density at radius 1 is 1.11 bits per heavy atom. The van der Waals surface area contributed by atoms with Crippen LogP contribution in [0.25, 0.3) is 10.8 Å². The van der Waals surface area contributed by atoms with E-state index in [2.05, 4.69) is 5.10 Å². The first-order valence-electron chi connectivity index (χ1n) is 9.01. The Balaban J connectivity index is 1.74. The van der Waals surface area contributed by atoms with Crippen LogP contribution in [-0.2, 0) is 7.05 Å². The number of methoxy groups -OCH3 is 1. The topological polar surface area (TPSA) is 64.4 Å². The number of aryl methyl sites for hydroxylation is 1. The molecule has 6 heteroatoms. The first kappa shape index (κ1) is 17.3. The predicted octanol–water partition coefficient (Wildman–Crippen LogP) is 2.92. The highest BCUT2D eigenvalue weighted by Crippen LogP contribution is 2.34. The summed E-state index contributed by atoms with van der Waals surface area (Å²) in [4.78, 5) is 27.6. The van der Waals surface area contributed by atoms with E-state index >= 15 is 0 Å². The molecule has 0 radical (unpaired) electrons. The molecule has 4 rings (SSSR count). The molecule has 0 aliphatic carbocycles. The van der Waals surface area contributed by atoms with Crippen LogP contribution >= 0.6 is 0 Å². The number of hydrogen-bond donors (Lipinski definition) is 0. The van der Waals surface area contributed by atoms with Gasteiger partial charge in [0, 0.05) is 19.0 Å². The van der Waals surface area contributed by atoms with E-state index in [0.717, 1.165) is 24.2 Å². The quantitative estimate of drug-likeness (QED) is 0.718. The number of likely N-dealkylation sites (tertiary alicyclic amines) is 1. The molecule has 1 aromatic heterocycles. The van der Waals surface area contributed by atoms with Gasteiger partial charge >= 0.3 is 0 Å². The molecular formula is C21H21N3O3. The Kier molecular flexibility index (Phi) is 4.39. The number of carbonyl (C=O) groups excluding carboxylic acids is 1. The minimum absolute atomic E-state index is 0.00111. The number of ether oxygens (including phenoxy) is 1. The van der Waals surface area contributed by atoms with Gasteiger partial charge in [-0.3, -0.25) is 9.59 Å². The summed E-state index contributed by atoms with van der Waals surface area (Å²) < 4.78 is 6.47. The number of aromatic nitrogens is 2. The molecule has 0 spiro atoms. The van der Waals surface area contributed by atoms with Crippen molar-refractivity contribution in [2.75, 3.05) is 13.7 Å². The van der Waals surface area contributed by atoms with Crippen molar-refractivity contribution in [2.45, 2.75) is 18.9 Å². The van der Waals surface area contributed by atoms with Crippen LogP contribution in [0.4, 0.5) is 0 Å². The summed E-state index contributed by atoms with van der Waals surface area (Å²) in [6.07, 6.45) is 1.84. The van der Waals surface area contributed by atoms with Gasteiger partial charge in [-0.15, -0.1) is 0 Å². The SMILES string of the molecule is COc1ccc([C@H]2CCCN2C(=O)c2nn(C)c(=O)c3ccccc23)cc1. The molecule has 1 atom stereocenters. The van der Waals surface area contributed by atoms with Gasteiger partial charge in [-0.05, 0) is 36.6 Å². The molecule has 2 aromatic carbocycles. The lowest BCUT2D eigenvalue weighted by Gasteiger charge is -2.25. The van der Waals surface area contributed by atoms with Crippen molar-refractivity contribution in [3.8, 4) is 5.75 Å². The predicted molar refractivity (Wildman–Crippen MR) is 103 cm³/mol. The fourth-order valence-corrected chi connectivity index (χ4v) is 3.78. The minimum Gasteiger partial charge on any atom is -0.497 e. The molecule has 1 aliphatic heterocycles. The van der Waals surface area contributed by atoms with Crippen LogP contribution in [0.2, 0.25) is 0 Å². The normalized spacial score (nSPS) is 16.7. The van der Waals surface area contributed by atoms with Crippen molar-refractivity contribution in [3.63, 3.8) is 0 Å². The molecule has 0 saturated carbocycles. The van der Waals surface area contributed by atoms with E-state index in [0.29, 0.717) is 23.0 Å². The highest BCUT2D eigenvalue weighted by atomic mass is 16.5. The molecule has 1 saturated heterocycles. The number of fused-ring (bicyclic) bond motifs is 1. The lowest BCUT2D eigenvalue weighted by molar-refractivity contribution is 0.0729.